The number of aryl methyl sites for hydroxylation is 2. The van der Waals surface area contributed by atoms with Crippen LogP contribution in [-0.4, -0.2) is 33.2 Å². The minimum Gasteiger partial charge on any atom is -0.390 e. The largest absolute Gasteiger partial charge is 0.390 e. The monoisotopic (exact) mass is 268 g/mol. The normalized spacial score (nSPS) is 16.3. The fourth-order valence-corrected chi connectivity index (χ4v) is 2.30. The van der Waals surface area contributed by atoms with Crippen LogP contribution in [0.15, 0.2) is 6.07 Å². The van der Waals surface area contributed by atoms with Crippen LogP contribution in [0.5, 0.6) is 0 Å². The fourth-order valence-electron chi connectivity index (χ4n) is 2.30. The molecule has 1 aromatic heterocycles. The van der Waals surface area contributed by atoms with E-state index in [1.807, 2.05) is 25.5 Å². The predicted molar refractivity (Wildman–Crippen MR) is 77.3 cm³/mol. The van der Waals surface area contributed by atoms with Crippen LogP contribution in [0.25, 0.3) is 0 Å². The van der Waals surface area contributed by atoms with Gasteiger partial charge in [-0.05, 0) is 39.7 Å². The van der Waals surface area contributed by atoms with Crippen LogP contribution in [0.4, 0.5) is 0 Å². The Morgan fingerprint density at radius 1 is 1.37 bits per heavy atom. The lowest BCUT2D eigenvalue weighted by Gasteiger charge is -2.33. The standard InChI is InChI=1S/C15H28N2O2/c1-6-12-10-13(17(8-3)16-12)11-14(18)15(5,7-2)19-9-4/h10,14,18H,6-9,11H2,1-5H3. The Morgan fingerprint density at radius 2 is 2.05 bits per heavy atom. The quantitative estimate of drug-likeness (QED) is 0.788. The summed E-state index contributed by atoms with van der Waals surface area (Å²) in [4.78, 5) is 0. The van der Waals surface area contributed by atoms with Gasteiger partial charge in [0.05, 0.1) is 17.4 Å². The third-order valence-corrected chi connectivity index (χ3v) is 3.86. The molecule has 0 aliphatic heterocycles. The van der Waals surface area contributed by atoms with Gasteiger partial charge in [-0.1, -0.05) is 13.8 Å². The molecule has 0 aliphatic rings. The van der Waals surface area contributed by atoms with E-state index >= 15 is 0 Å². The van der Waals surface area contributed by atoms with Crippen molar-refractivity contribution in [2.24, 2.45) is 0 Å². The van der Waals surface area contributed by atoms with Crippen molar-refractivity contribution in [3.63, 3.8) is 0 Å². The van der Waals surface area contributed by atoms with Crippen molar-refractivity contribution in [2.75, 3.05) is 6.61 Å². The summed E-state index contributed by atoms with van der Waals surface area (Å²) in [7, 11) is 0. The lowest BCUT2D eigenvalue weighted by molar-refractivity contribution is -0.110. The van der Waals surface area contributed by atoms with Crippen molar-refractivity contribution in [3.8, 4) is 0 Å². The molecule has 2 atom stereocenters. The van der Waals surface area contributed by atoms with E-state index in [4.69, 9.17) is 4.74 Å². The molecule has 4 nitrogen and oxygen atoms in total. The number of aliphatic hydroxyl groups is 1. The lowest BCUT2D eigenvalue weighted by Crippen LogP contribution is -2.43. The molecule has 4 heteroatoms. The first kappa shape index (κ1) is 16.2. The summed E-state index contributed by atoms with van der Waals surface area (Å²) >= 11 is 0. The van der Waals surface area contributed by atoms with Crippen molar-refractivity contribution in [1.82, 2.24) is 9.78 Å². The Labute approximate surface area is 116 Å². The minimum atomic E-state index is -0.510. The van der Waals surface area contributed by atoms with Gasteiger partial charge in [0.2, 0.25) is 0 Å². The van der Waals surface area contributed by atoms with Crippen LogP contribution in [0.1, 0.15) is 52.4 Å². The van der Waals surface area contributed by atoms with E-state index in [-0.39, 0.29) is 0 Å². The van der Waals surface area contributed by atoms with Crippen LogP contribution in [0.3, 0.4) is 0 Å². The third kappa shape index (κ3) is 3.80. The number of aromatic nitrogens is 2. The highest BCUT2D eigenvalue weighted by Gasteiger charge is 2.32. The number of ether oxygens (including phenoxy) is 1. The van der Waals surface area contributed by atoms with Crippen molar-refractivity contribution >= 4 is 0 Å². The molecule has 0 saturated carbocycles. The van der Waals surface area contributed by atoms with E-state index in [1.54, 1.807) is 0 Å². The van der Waals surface area contributed by atoms with Crippen LogP contribution in [-0.2, 0) is 24.1 Å². The molecule has 19 heavy (non-hydrogen) atoms. The number of aliphatic hydroxyl groups excluding tert-OH is 1. The molecule has 0 spiro atoms. The second-order valence-electron chi connectivity index (χ2n) is 5.12. The maximum absolute atomic E-state index is 10.5. The summed E-state index contributed by atoms with van der Waals surface area (Å²) in [6.45, 7) is 11.6. The topological polar surface area (TPSA) is 47.3 Å². The number of nitrogens with zero attached hydrogens (tertiary/aromatic N) is 2. The first-order valence-electron chi connectivity index (χ1n) is 7.38. The molecule has 0 fully saturated rings. The van der Waals surface area contributed by atoms with E-state index in [0.717, 1.165) is 30.8 Å². The molecule has 1 aromatic rings. The van der Waals surface area contributed by atoms with E-state index in [1.165, 1.54) is 0 Å². The summed E-state index contributed by atoms with van der Waals surface area (Å²) in [5.74, 6) is 0. The summed E-state index contributed by atoms with van der Waals surface area (Å²) in [5, 5.41) is 15.0. The van der Waals surface area contributed by atoms with Crippen LogP contribution < -0.4 is 0 Å². The van der Waals surface area contributed by atoms with Crippen LogP contribution in [0, 0.1) is 0 Å². The molecular formula is C15H28N2O2. The Kier molecular flexibility index (Phi) is 6.01. The predicted octanol–water partition coefficient (Wildman–Crippen LogP) is 2.57. The van der Waals surface area contributed by atoms with Gasteiger partial charge in [-0.3, -0.25) is 4.68 Å². The summed E-state index contributed by atoms with van der Waals surface area (Å²) in [5.41, 5.74) is 1.69. The SMILES string of the molecule is CCOC(C)(CC)C(O)Cc1cc(CC)nn1CC. The first-order valence-corrected chi connectivity index (χ1v) is 7.38. The molecule has 1 heterocycles. The highest BCUT2D eigenvalue weighted by molar-refractivity contribution is 5.12. The average Bonchev–Trinajstić information content (AvgIpc) is 2.81. The highest BCUT2D eigenvalue weighted by Crippen LogP contribution is 2.23. The maximum Gasteiger partial charge on any atom is 0.0913 e. The molecule has 1 rings (SSSR count). The van der Waals surface area contributed by atoms with Gasteiger partial charge in [-0.15, -0.1) is 0 Å². The maximum atomic E-state index is 10.5. The molecule has 0 amide bonds. The molecule has 0 aromatic carbocycles. The zero-order chi connectivity index (χ0) is 14.5. The molecule has 0 saturated heterocycles. The molecule has 2 unspecified atom stereocenters. The van der Waals surface area contributed by atoms with E-state index in [0.29, 0.717) is 13.0 Å². The van der Waals surface area contributed by atoms with Gasteiger partial charge >= 0.3 is 0 Å². The van der Waals surface area contributed by atoms with Crippen molar-refractivity contribution in [1.29, 1.82) is 0 Å². The van der Waals surface area contributed by atoms with Gasteiger partial charge in [0, 0.05) is 25.3 Å². The molecular weight excluding hydrogens is 240 g/mol. The molecule has 110 valence electrons. The van der Waals surface area contributed by atoms with E-state index in [2.05, 4.69) is 25.0 Å². The molecule has 0 bridgehead atoms. The summed E-state index contributed by atoms with van der Waals surface area (Å²) in [6.07, 6.45) is 1.80. The van der Waals surface area contributed by atoms with Crippen LogP contribution >= 0.6 is 0 Å². The van der Waals surface area contributed by atoms with Gasteiger partial charge < -0.3 is 9.84 Å². The minimum absolute atomic E-state index is 0.482. The van der Waals surface area contributed by atoms with Gasteiger partial charge in [-0.25, -0.2) is 0 Å². The summed E-state index contributed by atoms with van der Waals surface area (Å²) in [6, 6.07) is 2.09. The highest BCUT2D eigenvalue weighted by atomic mass is 16.5. The Balaban J connectivity index is 2.85. The number of hydrogen-bond acceptors (Lipinski definition) is 3. The Morgan fingerprint density at radius 3 is 2.53 bits per heavy atom. The van der Waals surface area contributed by atoms with Gasteiger partial charge in [0.15, 0.2) is 0 Å². The van der Waals surface area contributed by atoms with Crippen molar-refractivity contribution < 1.29 is 9.84 Å². The number of hydrogen-bond donors (Lipinski definition) is 1. The fraction of sp³-hybridized carbons (Fsp3) is 0.800. The van der Waals surface area contributed by atoms with Crippen molar-refractivity contribution in [2.45, 2.75) is 72.1 Å². The smallest absolute Gasteiger partial charge is 0.0913 e. The van der Waals surface area contributed by atoms with E-state index < -0.39 is 11.7 Å². The third-order valence-electron chi connectivity index (χ3n) is 3.86. The summed E-state index contributed by atoms with van der Waals surface area (Å²) < 4.78 is 7.72. The van der Waals surface area contributed by atoms with E-state index in [9.17, 15) is 5.11 Å². The Bertz CT molecular complexity index is 389. The lowest BCUT2D eigenvalue weighted by atomic mass is 9.92. The molecule has 0 aliphatic carbocycles. The molecule has 1 N–H and O–H groups in total. The zero-order valence-corrected chi connectivity index (χ0v) is 12.9. The first-order chi connectivity index (χ1) is 9.00. The Hall–Kier alpha value is -0.870. The van der Waals surface area contributed by atoms with Gasteiger partial charge in [0.1, 0.15) is 0 Å². The molecule has 0 radical (unpaired) electrons. The van der Waals surface area contributed by atoms with Gasteiger partial charge in [-0.2, -0.15) is 5.10 Å². The average molecular weight is 268 g/mol. The van der Waals surface area contributed by atoms with Crippen LogP contribution in [0.2, 0.25) is 0 Å². The zero-order valence-electron chi connectivity index (χ0n) is 12.9. The second-order valence-corrected chi connectivity index (χ2v) is 5.12. The second kappa shape index (κ2) is 7.06. The number of rotatable bonds is 8. The van der Waals surface area contributed by atoms with Gasteiger partial charge in [0.25, 0.3) is 0 Å². The van der Waals surface area contributed by atoms with Crippen molar-refractivity contribution in [3.05, 3.63) is 17.5 Å².